The second kappa shape index (κ2) is 54.1. The number of hydrogen-bond acceptors (Lipinski definition) is 30. The van der Waals surface area contributed by atoms with Gasteiger partial charge in [0.05, 0.1) is 136 Å². The highest BCUT2D eigenvalue weighted by atomic mass is 32.2. The molecule has 0 spiro atoms. The van der Waals surface area contributed by atoms with Crippen molar-refractivity contribution in [2.45, 2.75) is 131 Å². The number of thioether (sulfide) groups is 2. The fraction of sp³-hybridized carbons (Fsp3) is 0.469. The second-order valence-electron chi connectivity index (χ2n) is 31.4. The quantitative estimate of drug-likeness (QED) is 0.00855. The van der Waals surface area contributed by atoms with Crippen LogP contribution in [0.25, 0.3) is 33.4 Å². The van der Waals surface area contributed by atoms with Crippen LogP contribution in [0.3, 0.4) is 0 Å². The maximum absolute atomic E-state index is 14.1. The van der Waals surface area contributed by atoms with Crippen molar-refractivity contribution in [3.05, 3.63) is 209 Å². The predicted octanol–water partition coefficient (Wildman–Crippen LogP) is 6.34. The molecule has 1 aliphatic carbocycles. The number of Topliss-reactive ketones (excluding diaryl/α,β-unsaturated/α-hetero) is 1. The molecule has 0 saturated carbocycles. The van der Waals surface area contributed by atoms with Crippen molar-refractivity contribution in [1.82, 2.24) is 31.9 Å². The molecule has 6 amide bonds. The smallest absolute Gasteiger partial charge is 0.407 e. The highest BCUT2D eigenvalue weighted by Gasteiger charge is 2.58. The summed E-state index contributed by atoms with van der Waals surface area (Å²) in [5.41, 5.74) is 9.17. The zero-order valence-corrected chi connectivity index (χ0v) is 76.0. The molecule has 132 heavy (non-hydrogen) atoms. The zero-order chi connectivity index (χ0) is 94.2. The van der Waals surface area contributed by atoms with Crippen molar-refractivity contribution < 1.29 is 135 Å². The van der Waals surface area contributed by atoms with Crippen molar-refractivity contribution in [2.24, 2.45) is 0 Å². The van der Waals surface area contributed by atoms with Gasteiger partial charge < -0.3 is 124 Å². The van der Waals surface area contributed by atoms with E-state index in [0.29, 0.717) is 75.3 Å². The van der Waals surface area contributed by atoms with E-state index in [2.05, 4.69) is 56.2 Å². The molecule has 12 atom stereocenters. The van der Waals surface area contributed by atoms with Gasteiger partial charge in [-0.1, -0.05) is 133 Å². The summed E-state index contributed by atoms with van der Waals surface area (Å²) in [5, 5.41) is 84.5. The van der Waals surface area contributed by atoms with Crippen LogP contribution in [0.5, 0.6) is 5.75 Å². The summed E-state index contributed by atoms with van der Waals surface area (Å²) in [6, 6.07) is 50.7. The average molecular weight is 1870 g/mol. The minimum absolute atomic E-state index is 0.00739. The Bertz CT molecular complexity index is 4770. The molecule has 2 fully saturated rings. The first-order chi connectivity index (χ1) is 63.9. The molecule has 7 aromatic rings. The third-order valence-electron chi connectivity index (χ3n) is 21.9. The number of nitrogens with one attached hydrogen (secondary N) is 6. The lowest BCUT2D eigenvalue weighted by molar-refractivity contribution is -0.311. The molecule has 3 aliphatic rings. The van der Waals surface area contributed by atoms with Crippen molar-refractivity contribution in [2.75, 3.05) is 156 Å². The van der Waals surface area contributed by atoms with E-state index in [1.54, 1.807) is 48.5 Å². The molecule has 2 heterocycles. The number of aliphatic hydroxyl groups excluding tert-OH is 6. The van der Waals surface area contributed by atoms with E-state index in [0.717, 1.165) is 58.7 Å². The lowest BCUT2D eigenvalue weighted by Gasteiger charge is -2.47. The van der Waals surface area contributed by atoms with Crippen LogP contribution in [-0.4, -0.2) is 312 Å². The summed E-state index contributed by atoms with van der Waals surface area (Å²) >= 11 is 2.92. The van der Waals surface area contributed by atoms with E-state index in [9.17, 15) is 73.8 Å². The van der Waals surface area contributed by atoms with Gasteiger partial charge in [0.2, 0.25) is 11.8 Å². The fourth-order valence-corrected chi connectivity index (χ4v) is 16.9. The summed E-state index contributed by atoms with van der Waals surface area (Å²) < 4.78 is 74.6. The largest absolute Gasteiger partial charge is 0.490 e. The van der Waals surface area contributed by atoms with Gasteiger partial charge in [-0.15, -0.1) is 0 Å². The van der Waals surface area contributed by atoms with Gasteiger partial charge in [0, 0.05) is 87.7 Å². The normalized spacial score (nSPS) is 19.5. The topological polar surface area (TPSA) is 467 Å². The molecule has 7 aromatic carbocycles. The van der Waals surface area contributed by atoms with Gasteiger partial charge in [-0.2, -0.15) is 23.5 Å². The molecule has 0 aromatic heterocycles. The Morgan fingerprint density at radius 2 is 0.841 bits per heavy atom. The van der Waals surface area contributed by atoms with Crippen LogP contribution in [0.1, 0.15) is 111 Å². The van der Waals surface area contributed by atoms with Crippen LogP contribution in [0, 0.1) is 0 Å². The first-order valence-corrected chi connectivity index (χ1v) is 46.3. The highest BCUT2D eigenvalue weighted by Crippen LogP contribution is 2.45. The van der Waals surface area contributed by atoms with Crippen LogP contribution >= 0.6 is 23.5 Å². The third kappa shape index (κ3) is 30.9. The van der Waals surface area contributed by atoms with Crippen molar-refractivity contribution in [1.29, 1.82) is 0 Å². The number of rotatable bonds is 56. The summed E-state index contributed by atoms with van der Waals surface area (Å²) in [6.45, 7) is 4.49. The summed E-state index contributed by atoms with van der Waals surface area (Å²) in [4.78, 5) is 119. The number of ether oxygens (including phenoxy) is 13. The summed E-state index contributed by atoms with van der Waals surface area (Å²) in [7, 11) is 2.15. The number of carbonyl (C=O) groups is 9. The van der Waals surface area contributed by atoms with Gasteiger partial charge in [-0.3, -0.25) is 28.8 Å². The Hall–Kier alpha value is -10.3. The number of methoxy groups -OCH3 is 2. The van der Waals surface area contributed by atoms with Crippen molar-refractivity contribution >= 4 is 76.9 Å². The summed E-state index contributed by atoms with van der Waals surface area (Å²) in [6.07, 6.45) is -14.2. The third-order valence-corrected chi connectivity index (χ3v) is 24.2. The van der Waals surface area contributed by atoms with Gasteiger partial charge >= 0.3 is 18.0 Å². The Morgan fingerprint density at radius 1 is 0.439 bits per heavy atom. The molecule has 36 heteroatoms. The maximum Gasteiger partial charge on any atom is 0.407 e. The van der Waals surface area contributed by atoms with Crippen LogP contribution < -0.4 is 36.6 Å². The standard InChI is InChI=1S/C96H120N6O28S2/c1-62(103)101-83-78(106)57-95(92(115)118-3,129-87(83)85(110)80(108)59-99-89(112)68-31-27-66(28-32-68)64-18-7-5-8-19-64)127-39-16-53-131-52-15-26-77(105)75-36-35-70(56-82(75)125-51-50-124-49-48-123-47-46-122-45-44-121-43-42-120-41-37-98-94(117)126-61-76-73-24-13-11-22-71(73)72-23-12-14-25-74(72)76)91(114)97-38-55-132-54-17-40-128-96(93(116)119-4)58-79(107)84(102-63(2)104)88(130-96)86(111)81(109)60-100-90(113)69-33-29-67(30-34-69)65-20-9-6-10-21-65/h5-14,18-25,27-36,56,76,78-81,83-88,106-111H,15-17,26,37-55,57-61H2,1-4H3,(H,97,114)(H,98,117)(H,99,112)(H,100,113)(H,101,103)(H,102,104)/t78?,79?,80-,81-,83?,84?,85-,86-,87?,88?,95?,96?/m1/s1. The summed E-state index contributed by atoms with van der Waals surface area (Å²) in [5.74, 6) is -7.91. The Kier molecular flexibility index (Phi) is 42.6. The number of carbonyl (C=O) groups excluding carboxylic acids is 9. The highest BCUT2D eigenvalue weighted by molar-refractivity contribution is 7.99. The second-order valence-corrected chi connectivity index (χ2v) is 33.8. The lowest BCUT2D eigenvalue weighted by Crippen LogP contribution is -2.68. The minimum atomic E-state index is -2.31. The molecule has 10 rings (SSSR count). The van der Waals surface area contributed by atoms with Crippen molar-refractivity contribution in [3.8, 4) is 39.1 Å². The monoisotopic (exact) mass is 1870 g/mol. The van der Waals surface area contributed by atoms with Gasteiger partial charge in [0.1, 0.15) is 43.4 Å². The minimum Gasteiger partial charge on any atom is -0.490 e. The van der Waals surface area contributed by atoms with E-state index >= 15 is 0 Å². The van der Waals surface area contributed by atoms with Gasteiger partial charge in [0.25, 0.3) is 29.3 Å². The molecule has 2 aliphatic heterocycles. The Balaban J connectivity index is 0.650. The molecule has 2 saturated heterocycles. The average Bonchev–Trinajstić information content (AvgIpc) is 1.56. The van der Waals surface area contributed by atoms with Crippen molar-refractivity contribution in [3.63, 3.8) is 0 Å². The molecule has 714 valence electrons. The number of benzene rings is 7. The van der Waals surface area contributed by atoms with Crippen LogP contribution in [-0.2, 0) is 76.0 Å². The van der Waals surface area contributed by atoms with Gasteiger partial charge in [0.15, 0.2) is 5.78 Å². The Morgan fingerprint density at radius 3 is 1.30 bits per heavy atom. The van der Waals surface area contributed by atoms with Gasteiger partial charge in [-0.05, 0) is 123 Å². The number of aliphatic hydroxyl groups is 6. The first kappa shape index (κ1) is 104. The zero-order valence-electron chi connectivity index (χ0n) is 74.4. The van der Waals surface area contributed by atoms with Crippen LogP contribution in [0.2, 0.25) is 0 Å². The van der Waals surface area contributed by atoms with E-state index in [1.807, 2.05) is 84.9 Å². The van der Waals surface area contributed by atoms with E-state index in [1.165, 1.54) is 55.6 Å². The first-order valence-electron chi connectivity index (χ1n) is 43.9. The van der Waals surface area contributed by atoms with E-state index < -0.39 is 146 Å². The number of amides is 6. The van der Waals surface area contributed by atoms with Gasteiger partial charge in [-0.25, -0.2) is 14.4 Å². The lowest BCUT2D eigenvalue weighted by atomic mass is 9.88. The van der Waals surface area contributed by atoms with E-state index in [4.69, 9.17) is 61.6 Å². The number of fused-ring (bicyclic) bond motifs is 3. The number of alkyl carbamates (subject to hydrolysis) is 1. The maximum atomic E-state index is 14.1. The number of ketones is 1. The molecular formula is C96H120N6O28S2. The number of esters is 2. The predicted molar refractivity (Wildman–Crippen MR) is 489 cm³/mol. The fourth-order valence-electron chi connectivity index (χ4n) is 15.2. The molecular weight excluding hydrogens is 1750 g/mol. The molecule has 8 unspecified atom stereocenters. The molecule has 34 nitrogen and oxygen atoms in total. The van der Waals surface area contributed by atoms with Crippen LogP contribution in [0.15, 0.2) is 176 Å². The number of hydrogen-bond donors (Lipinski definition) is 12. The molecule has 12 N–H and O–H groups in total. The van der Waals surface area contributed by atoms with E-state index in [-0.39, 0.29) is 119 Å². The molecule has 0 radical (unpaired) electrons. The SMILES string of the molecule is COC(=O)C1(OCCCSCCCC(=O)c2ccc(C(=O)NCCSCCCOC3(C(=O)OC)CC(O)C(NC(C)=O)C([C@H](O)[C@H](O)CNC(=O)c4ccc(-c5ccccc5)cc4)O3)cc2OCCOCCOCCOCCOCCOCCNC(=O)OCC2c3ccccc3-c3ccccc32)CC(O)C(NC(C)=O)C([C@H](O)[C@H](O)CNC(=O)c2ccc(-c3ccccc3)cc2)O1. The van der Waals surface area contributed by atoms with Crippen LogP contribution in [0.4, 0.5) is 4.79 Å². The Labute approximate surface area is 775 Å². The molecule has 0 bridgehead atoms.